The Morgan fingerprint density at radius 1 is 1.55 bits per heavy atom. The van der Waals surface area contributed by atoms with Gasteiger partial charge in [0.05, 0.1) is 16.7 Å². The molecule has 0 saturated heterocycles. The number of rotatable bonds is 2. The first-order valence-corrected chi connectivity index (χ1v) is 3.25. The SMILES string of the molecule is Nc1ccc(Cl)cc1NN=O. The van der Waals surface area contributed by atoms with Crippen LogP contribution in [0.2, 0.25) is 5.02 Å². The Morgan fingerprint density at radius 3 is 2.91 bits per heavy atom. The van der Waals surface area contributed by atoms with Crippen molar-refractivity contribution in [2.75, 3.05) is 11.2 Å². The number of hydrogen-bond donors (Lipinski definition) is 2. The van der Waals surface area contributed by atoms with E-state index in [-0.39, 0.29) is 0 Å². The number of nitrogens with one attached hydrogen (secondary N) is 1. The van der Waals surface area contributed by atoms with E-state index in [9.17, 15) is 4.91 Å². The molecule has 5 heteroatoms. The van der Waals surface area contributed by atoms with Gasteiger partial charge in [-0.05, 0) is 18.2 Å². The van der Waals surface area contributed by atoms with Gasteiger partial charge < -0.3 is 5.73 Å². The molecule has 1 aromatic carbocycles. The summed E-state index contributed by atoms with van der Waals surface area (Å²) < 4.78 is 0. The smallest absolute Gasteiger partial charge is 0.0838 e. The van der Waals surface area contributed by atoms with Gasteiger partial charge in [-0.3, -0.25) is 0 Å². The molecule has 58 valence electrons. The summed E-state index contributed by atoms with van der Waals surface area (Å²) in [6, 6.07) is 4.75. The van der Waals surface area contributed by atoms with E-state index in [2.05, 4.69) is 10.7 Å². The third-order valence-corrected chi connectivity index (χ3v) is 1.42. The van der Waals surface area contributed by atoms with Crippen LogP contribution in [0.15, 0.2) is 23.5 Å². The Morgan fingerprint density at radius 2 is 2.27 bits per heavy atom. The maximum atomic E-state index is 9.78. The summed E-state index contributed by atoms with van der Waals surface area (Å²) in [5.41, 5.74) is 8.49. The average molecular weight is 172 g/mol. The Labute approximate surface area is 68.3 Å². The van der Waals surface area contributed by atoms with Crippen LogP contribution >= 0.6 is 11.6 Å². The second-order valence-electron chi connectivity index (χ2n) is 1.93. The normalized spacial score (nSPS) is 9.18. The lowest BCUT2D eigenvalue weighted by Gasteiger charge is -2.01. The molecule has 0 amide bonds. The van der Waals surface area contributed by atoms with Gasteiger partial charge in [0.25, 0.3) is 0 Å². The van der Waals surface area contributed by atoms with Crippen LogP contribution in [0, 0.1) is 4.91 Å². The standard InChI is InChI=1S/C6H6ClN3O/c7-4-1-2-5(8)6(3-4)9-10-11/h1-3H,8H2,(H,9,11). The number of halogens is 1. The van der Waals surface area contributed by atoms with Gasteiger partial charge in [0.1, 0.15) is 0 Å². The van der Waals surface area contributed by atoms with Crippen molar-refractivity contribution in [1.29, 1.82) is 0 Å². The Hall–Kier alpha value is -1.29. The first-order valence-electron chi connectivity index (χ1n) is 2.87. The largest absolute Gasteiger partial charge is 0.397 e. The van der Waals surface area contributed by atoms with Crippen LogP contribution in [0.25, 0.3) is 0 Å². The molecule has 11 heavy (non-hydrogen) atoms. The van der Waals surface area contributed by atoms with Crippen LogP contribution in [0.5, 0.6) is 0 Å². The van der Waals surface area contributed by atoms with Crippen molar-refractivity contribution >= 4 is 23.0 Å². The zero-order valence-electron chi connectivity index (χ0n) is 5.54. The molecule has 3 N–H and O–H groups in total. The summed E-state index contributed by atoms with van der Waals surface area (Å²) in [6.45, 7) is 0. The number of nitrogens with zero attached hydrogens (tertiary/aromatic N) is 1. The highest BCUT2D eigenvalue weighted by Crippen LogP contribution is 2.22. The number of anilines is 2. The van der Waals surface area contributed by atoms with Gasteiger partial charge in [-0.2, -0.15) is 0 Å². The van der Waals surface area contributed by atoms with Crippen molar-refractivity contribution in [3.8, 4) is 0 Å². The molecule has 0 fully saturated rings. The summed E-state index contributed by atoms with van der Waals surface area (Å²) in [7, 11) is 0. The maximum absolute atomic E-state index is 9.78. The third-order valence-electron chi connectivity index (χ3n) is 1.18. The predicted molar refractivity (Wildman–Crippen MR) is 45.3 cm³/mol. The van der Waals surface area contributed by atoms with E-state index in [0.29, 0.717) is 16.4 Å². The fourth-order valence-corrected chi connectivity index (χ4v) is 0.847. The van der Waals surface area contributed by atoms with Crippen molar-refractivity contribution in [1.82, 2.24) is 0 Å². The molecule has 0 atom stereocenters. The molecule has 4 nitrogen and oxygen atoms in total. The summed E-state index contributed by atoms with van der Waals surface area (Å²) in [6.07, 6.45) is 0. The second-order valence-corrected chi connectivity index (χ2v) is 2.37. The van der Waals surface area contributed by atoms with Gasteiger partial charge in [-0.25, -0.2) is 5.43 Å². The number of nitrogen functional groups attached to an aromatic ring is 1. The van der Waals surface area contributed by atoms with Gasteiger partial charge in [-0.15, -0.1) is 4.91 Å². The highest BCUT2D eigenvalue weighted by Gasteiger charge is 1.97. The van der Waals surface area contributed by atoms with Gasteiger partial charge >= 0.3 is 0 Å². The van der Waals surface area contributed by atoms with Crippen molar-refractivity contribution in [3.05, 3.63) is 28.1 Å². The van der Waals surface area contributed by atoms with Crippen molar-refractivity contribution in [2.24, 2.45) is 5.29 Å². The summed E-state index contributed by atoms with van der Waals surface area (Å²) >= 11 is 5.61. The highest BCUT2D eigenvalue weighted by atomic mass is 35.5. The van der Waals surface area contributed by atoms with E-state index in [4.69, 9.17) is 17.3 Å². The first-order chi connectivity index (χ1) is 5.24. The molecule has 0 aliphatic carbocycles. The van der Waals surface area contributed by atoms with Gasteiger partial charge in [0.2, 0.25) is 0 Å². The molecule has 0 unspecified atom stereocenters. The maximum Gasteiger partial charge on any atom is 0.0838 e. The summed E-state index contributed by atoms with van der Waals surface area (Å²) in [5, 5.41) is 2.97. The van der Waals surface area contributed by atoms with Crippen LogP contribution in [0.4, 0.5) is 11.4 Å². The molecule has 0 aliphatic heterocycles. The predicted octanol–water partition coefficient (Wildman–Crippen LogP) is 2.02. The fraction of sp³-hybridized carbons (Fsp3) is 0. The highest BCUT2D eigenvalue weighted by molar-refractivity contribution is 6.31. The Kier molecular flexibility index (Phi) is 2.28. The topological polar surface area (TPSA) is 67.5 Å². The lowest BCUT2D eigenvalue weighted by Crippen LogP contribution is -1.93. The Bertz CT molecular complexity index is 277. The lowest BCUT2D eigenvalue weighted by molar-refractivity contribution is 1.32. The van der Waals surface area contributed by atoms with Gasteiger partial charge in [-0.1, -0.05) is 11.6 Å². The quantitative estimate of drug-likeness (QED) is 0.406. The zero-order chi connectivity index (χ0) is 8.27. The molecule has 0 aliphatic rings. The summed E-state index contributed by atoms with van der Waals surface area (Å²) in [5.74, 6) is 0. The minimum atomic E-state index is 0.424. The van der Waals surface area contributed by atoms with E-state index in [1.54, 1.807) is 12.1 Å². The van der Waals surface area contributed by atoms with Crippen LogP contribution in [-0.2, 0) is 0 Å². The number of nitrogens with two attached hydrogens (primary N) is 1. The molecule has 0 radical (unpaired) electrons. The molecule has 0 saturated carbocycles. The molecule has 0 heterocycles. The number of hydrogen-bond acceptors (Lipinski definition) is 3. The molecule has 0 aromatic heterocycles. The zero-order valence-corrected chi connectivity index (χ0v) is 6.30. The van der Waals surface area contributed by atoms with Gasteiger partial charge in [0.15, 0.2) is 0 Å². The monoisotopic (exact) mass is 171 g/mol. The van der Waals surface area contributed by atoms with Crippen molar-refractivity contribution in [2.45, 2.75) is 0 Å². The van der Waals surface area contributed by atoms with Crippen LogP contribution < -0.4 is 11.2 Å². The summed E-state index contributed by atoms with van der Waals surface area (Å²) in [4.78, 5) is 9.78. The molecule has 1 aromatic rings. The van der Waals surface area contributed by atoms with Crippen LogP contribution in [-0.4, -0.2) is 0 Å². The number of benzene rings is 1. The van der Waals surface area contributed by atoms with E-state index >= 15 is 0 Å². The lowest BCUT2D eigenvalue weighted by atomic mass is 10.3. The van der Waals surface area contributed by atoms with Crippen LogP contribution in [0.3, 0.4) is 0 Å². The second kappa shape index (κ2) is 3.21. The van der Waals surface area contributed by atoms with E-state index < -0.39 is 0 Å². The first kappa shape index (κ1) is 7.81. The van der Waals surface area contributed by atoms with Crippen molar-refractivity contribution in [3.63, 3.8) is 0 Å². The average Bonchev–Trinajstić information content (AvgIpc) is 1.98. The molecule has 1 rings (SSSR count). The minimum Gasteiger partial charge on any atom is -0.397 e. The number of nitroso groups, excluding NO2 is 1. The van der Waals surface area contributed by atoms with E-state index in [1.165, 1.54) is 6.07 Å². The fourth-order valence-electron chi connectivity index (χ4n) is 0.675. The molecule has 0 bridgehead atoms. The molecule has 0 spiro atoms. The molecular weight excluding hydrogens is 166 g/mol. The van der Waals surface area contributed by atoms with E-state index in [1.807, 2.05) is 0 Å². The third kappa shape index (κ3) is 1.81. The minimum absolute atomic E-state index is 0.424. The van der Waals surface area contributed by atoms with Gasteiger partial charge in [0, 0.05) is 5.02 Å². The van der Waals surface area contributed by atoms with Crippen LogP contribution in [0.1, 0.15) is 0 Å². The van der Waals surface area contributed by atoms with E-state index in [0.717, 1.165) is 0 Å². The molecular formula is C6H6ClN3O. The van der Waals surface area contributed by atoms with Crippen molar-refractivity contribution < 1.29 is 0 Å². The Balaban J connectivity index is 3.01.